The summed E-state index contributed by atoms with van der Waals surface area (Å²) in [7, 11) is 0. The molecule has 78 valence electrons. The lowest BCUT2D eigenvalue weighted by Gasteiger charge is -2.18. The second-order valence-corrected chi connectivity index (χ2v) is 4.54. The van der Waals surface area contributed by atoms with Crippen LogP contribution in [0.3, 0.4) is 0 Å². The largest absolute Gasteiger partial charge is 0.385 e. The number of rotatable bonds is 2. The van der Waals surface area contributed by atoms with Crippen molar-refractivity contribution >= 4 is 11.5 Å². The van der Waals surface area contributed by atoms with Crippen LogP contribution in [0.2, 0.25) is 0 Å². The molecule has 2 heteroatoms. The minimum Gasteiger partial charge on any atom is -0.385 e. The molecule has 1 heterocycles. The standard InChI is InChI=1S/C13H15NO/c15-13(9-3-4-9)11-5-6-12-10(8-11)2-1-7-14-12/h5-6,8-9,14H,1-4,7H2. The van der Waals surface area contributed by atoms with Gasteiger partial charge in [0.05, 0.1) is 0 Å². The second-order valence-electron chi connectivity index (χ2n) is 4.54. The Balaban J connectivity index is 1.92. The summed E-state index contributed by atoms with van der Waals surface area (Å²) in [5.74, 6) is 0.683. The first kappa shape index (κ1) is 8.96. The molecular weight excluding hydrogens is 186 g/mol. The third-order valence-electron chi connectivity index (χ3n) is 3.28. The summed E-state index contributed by atoms with van der Waals surface area (Å²) in [4.78, 5) is 11.9. The summed E-state index contributed by atoms with van der Waals surface area (Å²) in [6.45, 7) is 1.06. The highest BCUT2D eigenvalue weighted by atomic mass is 16.1. The van der Waals surface area contributed by atoms with Gasteiger partial charge in [-0.15, -0.1) is 0 Å². The molecule has 0 amide bonds. The molecule has 15 heavy (non-hydrogen) atoms. The van der Waals surface area contributed by atoms with Crippen molar-refractivity contribution in [3.63, 3.8) is 0 Å². The SMILES string of the molecule is O=C(c1ccc2c(c1)CCCN2)C1CC1. The van der Waals surface area contributed by atoms with Crippen molar-refractivity contribution < 1.29 is 4.79 Å². The van der Waals surface area contributed by atoms with Gasteiger partial charge in [-0.3, -0.25) is 4.79 Å². The number of hydrogen-bond acceptors (Lipinski definition) is 2. The molecule has 0 radical (unpaired) electrons. The Bertz CT molecular complexity index is 407. The lowest BCUT2D eigenvalue weighted by atomic mass is 9.98. The Labute approximate surface area is 89.7 Å². The number of fused-ring (bicyclic) bond motifs is 1. The smallest absolute Gasteiger partial charge is 0.165 e. The van der Waals surface area contributed by atoms with E-state index in [0.717, 1.165) is 31.4 Å². The highest BCUT2D eigenvalue weighted by molar-refractivity contribution is 5.99. The van der Waals surface area contributed by atoms with Crippen LogP contribution in [-0.4, -0.2) is 12.3 Å². The van der Waals surface area contributed by atoms with Crippen molar-refractivity contribution in [3.05, 3.63) is 29.3 Å². The predicted octanol–water partition coefficient (Wildman–Crippen LogP) is 2.64. The molecule has 1 fully saturated rings. The van der Waals surface area contributed by atoms with E-state index in [4.69, 9.17) is 0 Å². The monoisotopic (exact) mass is 201 g/mol. The average molecular weight is 201 g/mol. The predicted molar refractivity (Wildman–Crippen MR) is 60.3 cm³/mol. The molecule has 1 saturated carbocycles. The zero-order valence-electron chi connectivity index (χ0n) is 8.75. The normalized spacial score (nSPS) is 19.2. The van der Waals surface area contributed by atoms with Gasteiger partial charge in [-0.05, 0) is 49.4 Å². The Morgan fingerprint density at radius 1 is 1.33 bits per heavy atom. The molecule has 0 unspecified atom stereocenters. The zero-order chi connectivity index (χ0) is 10.3. The molecule has 0 aromatic heterocycles. The molecule has 1 aromatic rings. The zero-order valence-corrected chi connectivity index (χ0v) is 8.75. The maximum atomic E-state index is 11.9. The summed E-state index contributed by atoms with van der Waals surface area (Å²) in [6, 6.07) is 6.12. The number of benzene rings is 1. The first-order valence-electron chi connectivity index (χ1n) is 5.75. The fourth-order valence-electron chi connectivity index (χ4n) is 2.21. The fraction of sp³-hybridized carbons (Fsp3) is 0.462. The fourth-order valence-corrected chi connectivity index (χ4v) is 2.21. The van der Waals surface area contributed by atoms with Crippen LogP contribution >= 0.6 is 0 Å². The third-order valence-corrected chi connectivity index (χ3v) is 3.28. The maximum Gasteiger partial charge on any atom is 0.165 e. The van der Waals surface area contributed by atoms with Gasteiger partial charge in [0.2, 0.25) is 0 Å². The van der Waals surface area contributed by atoms with Crippen LogP contribution in [0.5, 0.6) is 0 Å². The lowest BCUT2D eigenvalue weighted by Crippen LogP contribution is -2.12. The van der Waals surface area contributed by atoms with Gasteiger partial charge in [-0.1, -0.05) is 0 Å². The number of ketones is 1. The van der Waals surface area contributed by atoms with Gasteiger partial charge in [0.25, 0.3) is 0 Å². The van der Waals surface area contributed by atoms with Crippen molar-refractivity contribution in [1.29, 1.82) is 0 Å². The van der Waals surface area contributed by atoms with Crippen molar-refractivity contribution in [3.8, 4) is 0 Å². The second kappa shape index (κ2) is 3.37. The van der Waals surface area contributed by atoms with E-state index in [1.54, 1.807) is 0 Å². The molecule has 2 nitrogen and oxygen atoms in total. The van der Waals surface area contributed by atoms with Crippen LogP contribution in [0.4, 0.5) is 5.69 Å². The van der Waals surface area contributed by atoms with E-state index in [0.29, 0.717) is 11.7 Å². The number of hydrogen-bond donors (Lipinski definition) is 1. The topological polar surface area (TPSA) is 29.1 Å². The van der Waals surface area contributed by atoms with Crippen LogP contribution in [-0.2, 0) is 6.42 Å². The van der Waals surface area contributed by atoms with Crippen LogP contribution in [0.25, 0.3) is 0 Å². The third kappa shape index (κ3) is 1.65. The van der Waals surface area contributed by atoms with E-state index in [1.807, 2.05) is 6.07 Å². The highest BCUT2D eigenvalue weighted by Gasteiger charge is 2.30. The van der Waals surface area contributed by atoms with E-state index in [-0.39, 0.29) is 0 Å². The Morgan fingerprint density at radius 3 is 3.00 bits per heavy atom. The first-order valence-corrected chi connectivity index (χ1v) is 5.75. The summed E-state index contributed by atoms with van der Waals surface area (Å²) < 4.78 is 0. The van der Waals surface area contributed by atoms with Crippen molar-refractivity contribution in [2.24, 2.45) is 5.92 Å². The van der Waals surface area contributed by atoms with E-state index in [1.165, 1.54) is 17.7 Å². The molecule has 2 aliphatic rings. The molecule has 1 aromatic carbocycles. The van der Waals surface area contributed by atoms with Crippen LogP contribution < -0.4 is 5.32 Å². The van der Waals surface area contributed by atoms with Gasteiger partial charge in [-0.2, -0.15) is 0 Å². The Kier molecular flexibility index (Phi) is 2.01. The quantitative estimate of drug-likeness (QED) is 0.745. The number of carbonyl (C=O) groups is 1. The van der Waals surface area contributed by atoms with Crippen molar-refractivity contribution in [2.75, 3.05) is 11.9 Å². The van der Waals surface area contributed by atoms with E-state index >= 15 is 0 Å². The lowest BCUT2D eigenvalue weighted by molar-refractivity contribution is 0.0967. The number of Topliss-reactive ketones (excluding diaryl/α,β-unsaturated/α-hetero) is 1. The average Bonchev–Trinajstić information content (AvgIpc) is 3.11. The Hall–Kier alpha value is -1.31. The van der Waals surface area contributed by atoms with E-state index in [2.05, 4.69) is 17.4 Å². The van der Waals surface area contributed by atoms with Gasteiger partial charge in [-0.25, -0.2) is 0 Å². The number of nitrogens with one attached hydrogen (secondary N) is 1. The highest BCUT2D eigenvalue weighted by Crippen LogP contribution is 2.33. The summed E-state index contributed by atoms with van der Waals surface area (Å²) >= 11 is 0. The molecule has 0 spiro atoms. The molecule has 0 atom stereocenters. The summed E-state index contributed by atoms with van der Waals surface area (Å²) in [6.07, 6.45) is 4.46. The van der Waals surface area contributed by atoms with E-state index < -0.39 is 0 Å². The van der Waals surface area contributed by atoms with Gasteiger partial charge >= 0.3 is 0 Å². The molecule has 0 bridgehead atoms. The molecular formula is C13H15NO. The Morgan fingerprint density at radius 2 is 2.20 bits per heavy atom. The molecule has 3 rings (SSSR count). The van der Waals surface area contributed by atoms with E-state index in [9.17, 15) is 4.79 Å². The minimum atomic E-state index is 0.333. The molecule has 1 aliphatic heterocycles. The van der Waals surface area contributed by atoms with Gasteiger partial charge < -0.3 is 5.32 Å². The molecule has 1 aliphatic carbocycles. The number of anilines is 1. The number of aryl methyl sites for hydroxylation is 1. The van der Waals surface area contributed by atoms with Gasteiger partial charge in [0.1, 0.15) is 0 Å². The maximum absolute atomic E-state index is 11.9. The van der Waals surface area contributed by atoms with Crippen LogP contribution in [0.15, 0.2) is 18.2 Å². The van der Waals surface area contributed by atoms with Crippen LogP contribution in [0.1, 0.15) is 35.2 Å². The summed E-state index contributed by atoms with van der Waals surface area (Å²) in [5, 5.41) is 3.36. The first-order chi connectivity index (χ1) is 7.34. The summed E-state index contributed by atoms with van der Waals surface area (Å²) in [5.41, 5.74) is 3.45. The van der Waals surface area contributed by atoms with Gasteiger partial charge in [0, 0.05) is 23.7 Å². The van der Waals surface area contributed by atoms with Crippen LogP contribution in [0, 0.1) is 5.92 Å². The van der Waals surface area contributed by atoms with Crippen molar-refractivity contribution in [2.45, 2.75) is 25.7 Å². The minimum absolute atomic E-state index is 0.333. The van der Waals surface area contributed by atoms with Crippen molar-refractivity contribution in [1.82, 2.24) is 0 Å². The number of carbonyl (C=O) groups excluding carboxylic acids is 1. The van der Waals surface area contributed by atoms with Gasteiger partial charge in [0.15, 0.2) is 5.78 Å². The molecule has 1 N–H and O–H groups in total. The molecule has 0 saturated heterocycles.